The molecular formula is C8H11ClN4O. The Morgan fingerprint density at radius 2 is 2.07 bits per heavy atom. The number of nitrogens with zero attached hydrogens (tertiary/aromatic N) is 4. The maximum absolute atomic E-state index is 9.32. The van der Waals surface area contributed by atoms with Crippen LogP contribution in [0.5, 0.6) is 0 Å². The Bertz CT molecular complexity index is 314. The van der Waals surface area contributed by atoms with Crippen LogP contribution < -0.4 is 4.90 Å². The molecule has 76 valence electrons. The van der Waals surface area contributed by atoms with Crippen LogP contribution in [0.25, 0.3) is 0 Å². The summed E-state index contributed by atoms with van der Waals surface area (Å²) in [6, 6.07) is 0. The van der Waals surface area contributed by atoms with Crippen LogP contribution in [0.2, 0.25) is 5.28 Å². The van der Waals surface area contributed by atoms with E-state index in [9.17, 15) is 5.11 Å². The molecule has 1 fully saturated rings. The third-order valence-corrected chi connectivity index (χ3v) is 2.46. The van der Waals surface area contributed by atoms with Crippen molar-refractivity contribution in [1.82, 2.24) is 15.0 Å². The molecule has 0 unspecified atom stereocenters. The summed E-state index contributed by atoms with van der Waals surface area (Å²) in [5.74, 6) is 0.594. The zero-order valence-corrected chi connectivity index (χ0v) is 8.35. The molecule has 0 aliphatic carbocycles. The highest BCUT2D eigenvalue weighted by Crippen LogP contribution is 2.15. The molecule has 1 aromatic rings. The average Bonchev–Trinajstić information content (AvgIpc) is 2.19. The van der Waals surface area contributed by atoms with Gasteiger partial charge in [0.15, 0.2) is 0 Å². The number of aliphatic hydroxyl groups is 1. The number of hydrogen-bond acceptors (Lipinski definition) is 5. The normalized spacial score (nSPS) is 18.6. The van der Waals surface area contributed by atoms with Gasteiger partial charge in [-0.15, -0.1) is 0 Å². The van der Waals surface area contributed by atoms with Crippen molar-refractivity contribution in [1.29, 1.82) is 0 Å². The van der Waals surface area contributed by atoms with E-state index >= 15 is 0 Å². The molecule has 1 aromatic heterocycles. The summed E-state index contributed by atoms with van der Waals surface area (Å²) >= 11 is 5.65. The van der Waals surface area contributed by atoms with Crippen molar-refractivity contribution >= 4 is 17.5 Å². The number of hydrogen-bond donors (Lipinski definition) is 1. The highest BCUT2D eigenvalue weighted by atomic mass is 35.5. The van der Waals surface area contributed by atoms with Gasteiger partial charge in [0.2, 0.25) is 11.2 Å². The Balaban J connectivity index is 2.08. The minimum absolute atomic E-state index is 0.191. The van der Waals surface area contributed by atoms with E-state index in [-0.39, 0.29) is 11.4 Å². The van der Waals surface area contributed by atoms with Crippen LogP contribution in [0.3, 0.4) is 0 Å². The first kappa shape index (κ1) is 9.61. The van der Waals surface area contributed by atoms with Crippen LogP contribution in [0, 0.1) is 0 Å². The van der Waals surface area contributed by atoms with Crippen molar-refractivity contribution in [3.63, 3.8) is 0 Å². The lowest BCUT2D eigenvalue weighted by molar-refractivity contribution is 0.145. The van der Waals surface area contributed by atoms with Crippen LogP contribution in [-0.2, 0) is 0 Å². The molecule has 0 atom stereocenters. The van der Waals surface area contributed by atoms with E-state index in [1.165, 1.54) is 6.33 Å². The predicted octanol–water partition coefficient (Wildman–Crippen LogP) is 0.486. The van der Waals surface area contributed by atoms with Gasteiger partial charge in [-0.3, -0.25) is 0 Å². The first-order valence-electron chi connectivity index (χ1n) is 4.53. The Morgan fingerprint density at radius 1 is 1.36 bits per heavy atom. The Morgan fingerprint density at radius 3 is 2.71 bits per heavy atom. The summed E-state index contributed by atoms with van der Waals surface area (Å²) in [6.45, 7) is 1.53. The Labute approximate surface area is 86.8 Å². The third kappa shape index (κ3) is 2.10. The lowest BCUT2D eigenvalue weighted by Gasteiger charge is -2.29. The van der Waals surface area contributed by atoms with Crippen LogP contribution in [0.1, 0.15) is 12.8 Å². The molecule has 0 aromatic carbocycles. The third-order valence-electron chi connectivity index (χ3n) is 2.28. The Hall–Kier alpha value is -0.940. The van der Waals surface area contributed by atoms with Crippen molar-refractivity contribution in [3.8, 4) is 0 Å². The molecule has 0 spiro atoms. The van der Waals surface area contributed by atoms with Gasteiger partial charge >= 0.3 is 0 Å². The highest BCUT2D eigenvalue weighted by Gasteiger charge is 2.19. The summed E-state index contributed by atoms with van der Waals surface area (Å²) in [4.78, 5) is 13.8. The number of aromatic nitrogens is 3. The number of aliphatic hydroxyl groups excluding tert-OH is 1. The molecule has 1 N–H and O–H groups in total. The lowest BCUT2D eigenvalue weighted by atomic mass is 10.1. The molecule has 2 rings (SSSR count). The van der Waals surface area contributed by atoms with E-state index in [0.717, 1.165) is 25.9 Å². The largest absolute Gasteiger partial charge is 0.393 e. The second kappa shape index (κ2) is 4.06. The smallest absolute Gasteiger partial charge is 0.229 e. The molecule has 0 radical (unpaired) electrons. The number of halogens is 1. The zero-order chi connectivity index (χ0) is 9.97. The quantitative estimate of drug-likeness (QED) is 0.737. The van der Waals surface area contributed by atoms with Gasteiger partial charge in [0, 0.05) is 13.1 Å². The SMILES string of the molecule is OC1CCN(c2ncnc(Cl)n2)CC1. The second-order valence-electron chi connectivity index (χ2n) is 3.27. The fourth-order valence-electron chi connectivity index (χ4n) is 1.49. The fourth-order valence-corrected chi connectivity index (χ4v) is 1.61. The standard InChI is InChI=1S/C8H11ClN4O/c9-7-10-5-11-8(12-7)13-3-1-6(14)2-4-13/h5-6,14H,1-4H2. The van der Waals surface area contributed by atoms with Crippen LogP contribution in [0.4, 0.5) is 5.95 Å². The molecule has 2 heterocycles. The average molecular weight is 215 g/mol. The van der Waals surface area contributed by atoms with Gasteiger partial charge in [0.1, 0.15) is 6.33 Å². The second-order valence-corrected chi connectivity index (χ2v) is 3.61. The predicted molar refractivity (Wildman–Crippen MR) is 52.3 cm³/mol. The molecule has 5 nitrogen and oxygen atoms in total. The zero-order valence-electron chi connectivity index (χ0n) is 7.60. The van der Waals surface area contributed by atoms with E-state index < -0.39 is 0 Å². The molecular weight excluding hydrogens is 204 g/mol. The van der Waals surface area contributed by atoms with Crippen molar-refractivity contribution in [2.75, 3.05) is 18.0 Å². The number of anilines is 1. The molecule has 1 aliphatic rings. The van der Waals surface area contributed by atoms with E-state index in [2.05, 4.69) is 15.0 Å². The van der Waals surface area contributed by atoms with Gasteiger partial charge in [-0.05, 0) is 24.4 Å². The lowest BCUT2D eigenvalue weighted by Crippen LogP contribution is -2.36. The summed E-state index contributed by atoms with van der Waals surface area (Å²) in [6.07, 6.45) is 2.71. The molecule has 0 bridgehead atoms. The van der Waals surface area contributed by atoms with E-state index in [4.69, 9.17) is 11.6 Å². The first-order valence-corrected chi connectivity index (χ1v) is 4.91. The minimum atomic E-state index is -0.191. The molecule has 1 saturated heterocycles. The number of piperidine rings is 1. The maximum atomic E-state index is 9.32. The summed E-state index contributed by atoms with van der Waals surface area (Å²) in [7, 11) is 0. The molecule has 0 amide bonds. The number of rotatable bonds is 1. The monoisotopic (exact) mass is 214 g/mol. The van der Waals surface area contributed by atoms with Crippen LogP contribution in [0.15, 0.2) is 6.33 Å². The van der Waals surface area contributed by atoms with Crippen LogP contribution >= 0.6 is 11.6 Å². The molecule has 14 heavy (non-hydrogen) atoms. The van der Waals surface area contributed by atoms with Gasteiger partial charge in [-0.25, -0.2) is 9.97 Å². The van der Waals surface area contributed by atoms with Crippen molar-refractivity contribution < 1.29 is 5.11 Å². The van der Waals surface area contributed by atoms with Gasteiger partial charge in [-0.1, -0.05) is 0 Å². The fraction of sp³-hybridized carbons (Fsp3) is 0.625. The van der Waals surface area contributed by atoms with Crippen molar-refractivity contribution in [3.05, 3.63) is 11.6 Å². The summed E-state index contributed by atoms with van der Waals surface area (Å²) in [5, 5.41) is 9.53. The summed E-state index contributed by atoms with van der Waals surface area (Å²) in [5.41, 5.74) is 0. The van der Waals surface area contributed by atoms with E-state index in [1.807, 2.05) is 4.90 Å². The Kier molecular flexibility index (Phi) is 2.79. The van der Waals surface area contributed by atoms with Crippen LogP contribution in [-0.4, -0.2) is 39.3 Å². The molecule has 0 saturated carbocycles. The van der Waals surface area contributed by atoms with Gasteiger partial charge < -0.3 is 10.0 Å². The molecule has 1 aliphatic heterocycles. The highest BCUT2D eigenvalue weighted by molar-refractivity contribution is 6.28. The van der Waals surface area contributed by atoms with Crippen molar-refractivity contribution in [2.24, 2.45) is 0 Å². The van der Waals surface area contributed by atoms with E-state index in [0.29, 0.717) is 5.95 Å². The summed E-state index contributed by atoms with van der Waals surface area (Å²) < 4.78 is 0. The van der Waals surface area contributed by atoms with Gasteiger partial charge in [0.05, 0.1) is 6.10 Å². The van der Waals surface area contributed by atoms with Crippen molar-refractivity contribution in [2.45, 2.75) is 18.9 Å². The van der Waals surface area contributed by atoms with E-state index in [1.54, 1.807) is 0 Å². The van der Waals surface area contributed by atoms with Gasteiger partial charge in [-0.2, -0.15) is 4.98 Å². The molecule has 6 heteroatoms. The topological polar surface area (TPSA) is 62.1 Å². The maximum Gasteiger partial charge on any atom is 0.229 e. The first-order chi connectivity index (χ1) is 6.75. The minimum Gasteiger partial charge on any atom is -0.393 e. The van der Waals surface area contributed by atoms with Gasteiger partial charge in [0.25, 0.3) is 0 Å².